The zero-order valence-corrected chi connectivity index (χ0v) is 27.5. The van der Waals surface area contributed by atoms with Gasteiger partial charge in [0.25, 0.3) is 0 Å². The van der Waals surface area contributed by atoms with Crippen molar-refractivity contribution in [3.8, 4) is 32.4 Å². The highest BCUT2D eigenvalue weighted by atomic mass is 32.1. The van der Waals surface area contributed by atoms with E-state index in [2.05, 4.69) is 149 Å². The standard InChI is InChI=1S/C43H27N3S2/c1-2-10-28(11-3-1)45-35-15-7-5-13-30(35)33-24-26(19-22-37(33)45)27-18-20-31-29-12-4-8-16-36(29)46(38(31)25-27)43-44-34-21-23-40-41(42(34)48-43)32-14-6-9-17-39(32)47-40/h1-20,22,24-25H,21,23H2. The van der Waals surface area contributed by atoms with Gasteiger partial charge in [-0.3, -0.25) is 4.57 Å². The van der Waals surface area contributed by atoms with Crippen molar-refractivity contribution < 1.29 is 0 Å². The Morgan fingerprint density at radius 2 is 1.12 bits per heavy atom. The van der Waals surface area contributed by atoms with E-state index < -0.39 is 0 Å². The van der Waals surface area contributed by atoms with Crippen molar-refractivity contribution in [3.63, 3.8) is 0 Å². The van der Waals surface area contributed by atoms with E-state index in [4.69, 9.17) is 4.98 Å². The number of para-hydroxylation sites is 3. The van der Waals surface area contributed by atoms with Crippen LogP contribution in [-0.2, 0) is 12.8 Å². The number of thiophene rings is 1. The second-order valence-corrected chi connectivity index (χ2v) is 14.8. The van der Waals surface area contributed by atoms with Gasteiger partial charge in [-0.25, -0.2) is 4.98 Å². The zero-order chi connectivity index (χ0) is 31.3. The van der Waals surface area contributed by atoms with E-state index in [1.807, 2.05) is 22.7 Å². The predicted octanol–water partition coefficient (Wildman–Crippen LogP) is 12.0. The lowest BCUT2D eigenvalue weighted by molar-refractivity contribution is 0.919. The smallest absolute Gasteiger partial charge is 0.195 e. The molecule has 0 amide bonds. The first-order chi connectivity index (χ1) is 23.8. The van der Waals surface area contributed by atoms with Gasteiger partial charge in [-0.05, 0) is 72.5 Å². The Kier molecular flexibility index (Phi) is 5.54. The van der Waals surface area contributed by atoms with Gasteiger partial charge >= 0.3 is 0 Å². The van der Waals surface area contributed by atoms with E-state index in [9.17, 15) is 0 Å². The summed E-state index contributed by atoms with van der Waals surface area (Å²) in [6, 6.07) is 50.9. The van der Waals surface area contributed by atoms with Gasteiger partial charge in [0, 0.05) is 47.8 Å². The lowest BCUT2D eigenvalue weighted by Crippen LogP contribution is -2.00. The SMILES string of the molecule is c1ccc(-n2c3ccccc3c3cc(-c4ccc5c6ccccc6n(-c6nc7c(s6)-c6c(sc8ccccc68)CC7)c5c4)ccc32)cc1. The fourth-order valence-corrected chi connectivity index (χ4v) is 10.4. The topological polar surface area (TPSA) is 22.8 Å². The lowest BCUT2D eigenvalue weighted by atomic mass is 9.99. The van der Waals surface area contributed by atoms with Crippen molar-refractivity contribution in [1.29, 1.82) is 0 Å². The van der Waals surface area contributed by atoms with Crippen LogP contribution in [0.3, 0.4) is 0 Å². The normalized spacial score (nSPS) is 12.8. The molecule has 1 aliphatic carbocycles. The molecule has 4 aromatic heterocycles. The molecule has 4 heterocycles. The number of thiazole rings is 1. The number of rotatable bonds is 3. The van der Waals surface area contributed by atoms with E-state index in [-0.39, 0.29) is 0 Å². The minimum absolute atomic E-state index is 0.991. The van der Waals surface area contributed by atoms with Gasteiger partial charge in [0.2, 0.25) is 0 Å². The molecule has 0 aliphatic heterocycles. The van der Waals surface area contributed by atoms with Gasteiger partial charge < -0.3 is 4.57 Å². The largest absolute Gasteiger partial charge is 0.309 e. The van der Waals surface area contributed by atoms with Crippen LogP contribution in [-0.4, -0.2) is 14.1 Å². The molecule has 0 spiro atoms. The molecule has 0 radical (unpaired) electrons. The van der Waals surface area contributed by atoms with Crippen molar-refractivity contribution in [2.75, 3.05) is 0 Å². The Labute approximate surface area is 284 Å². The molecule has 0 bridgehead atoms. The monoisotopic (exact) mass is 649 g/mol. The first-order valence-electron chi connectivity index (χ1n) is 16.4. The molecule has 5 heteroatoms. The van der Waals surface area contributed by atoms with Crippen LogP contribution in [0.4, 0.5) is 0 Å². The zero-order valence-electron chi connectivity index (χ0n) is 25.9. The molecule has 0 saturated carbocycles. The Bertz CT molecular complexity index is 2900. The van der Waals surface area contributed by atoms with Crippen molar-refractivity contribution in [2.45, 2.75) is 12.8 Å². The summed E-state index contributed by atoms with van der Waals surface area (Å²) in [5.74, 6) is 0. The number of fused-ring (bicyclic) bond motifs is 11. The Morgan fingerprint density at radius 1 is 0.479 bits per heavy atom. The van der Waals surface area contributed by atoms with Crippen molar-refractivity contribution in [3.05, 3.63) is 150 Å². The quantitative estimate of drug-likeness (QED) is 0.187. The molecule has 0 atom stereocenters. The van der Waals surface area contributed by atoms with Gasteiger partial charge in [-0.15, -0.1) is 11.3 Å². The van der Waals surface area contributed by atoms with Crippen LogP contribution in [0, 0.1) is 0 Å². The van der Waals surface area contributed by atoms with Crippen molar-refractivity contribution in [1.82, 2.24) is 14.1 Å². The average molecular weight is 650 g/mol. The first kappa shape index (κ1) is 26.6. The Balaban J connectivity index is 1.12. The molecule has 6 aromatic carbocycles. The van der Waals surface area contributed by atoms with Gasteiger partial charge in [0.1, 0.15) is 0 Å². The summed E-state index contributed by atoms with van der Waals surface area (Å²) in [6.45, 7) is 0. The highest BCUT2D eigenvalue weighted by Crippen LogP contribution is 2.48. The Morgan fingerprint density at radius 3 is 1.98 bits per heavy atom. The molecule has 226 valence electrons. The molecule has 11 rings (SSSR count). The molecular formula is C43H27N3S2. The minimum atomic E-state index is 0.991. The molecule has 0 N–H and O–H groups in total. The van der Waals surface area contributed by atoms with Crippen LogP contribution in [0.5, 0.6) is 0 Å². The summed E-state index contributed by atoms with van der Waals surface area (Å²) >= 11 is 3.79. The van der Waals surface area contributed by atoms with E-state index in [0.717, 1.165) is 18.0 Å². The van der Waals surface area contributed by atoms with Crippen LogP contribution in [0.15, 0.2) is 140 Å². The summed E-state index contributed by atoms with van der Waals surface area (Å²) < 4.78 is 6.16. The average Bonchev–Trinajstić information content (AvgIpc) is 3.90. The Hall–Kier alpha value is -5.49. The molecule has 0 saturated heterocycles. The second kappa shape index (κ2) is 10.0. The number of aryl methyl sites for hydroxylation is 2. The molecule has 0 unspecified atom stereocenters. The number of hydrogen-bond acceptors (Lipinski definition) is 3. The van der Waals surface area contributed by atoms with Crippen LogP contribution in [0.1, 0.15) is 10.6 Å². The number of benzene rings is 6. The lowest BCUT2D eigenvalue weighted by Gasteiger charge is -2.10. The molecular weight excluding hydrogens is 623 g/mol. The predicted molar refractivity (Wildman–Crippen MR) is 204 cm³/mol. The van der Waals surface area contributed by atoms with E-state index in [1.54, 1.807) is 0 Å². The van der Waals surface area contributed by atoms with Gasteiger partial charge in [-0.2, -0.15) is 0 Å². The number of nitrogens with zero attached hydrogens (tertiary/aromatic N) is 3. The van der Waals surface area contributed by atoms with E-state index in [1.165, 1.54) is 91.5 Å². The molecule has 0 fully saturated rings. The molecule has 48 heavy (non-hydrogen) atoms. The molecule has 10 aromatic rings. The number of hydrogen-bond donors (Lipinski definition) is 0. The summed E-state index contributed by atoms with van der Waals surface area (Å²) in [4.78, 5) is 8.20. The van der Waals surface area contributed by atoms with Crippen LogP contribution < -0.4 is 0 Å². The van der Waals surface area contributed by atoms with Crippen LogP contribution in [0.25, 0.3) is 86.1 Å². The highest BCUT2D eigenvalue weighted by molar-refractivity contribution is 7.21. The fourth-order valence-electron chi connectivity index (χ4n) is 7.92. The van der Waals surface area contributed by atoms with Crippen LogP contribution >= 0.6 is 22.7 Å². The van der Waals surface area contributed by atoms with Gasteiger partial charge in [-0.1, -0.05) is 102 Å². The summed E-state index contributed by atoms with van der Waals surface area (Å²) in [6.07, 6.45) is 2.05. The third kappa shape index (κ3) is 3.71. The summed E-state index contributed by atoms with van der Waals surface area (Å²) in [7, 11) is 0. The maximum absolute atomic E-state index is 5.37. The van der Waals surface area contributed by atoms with Crippen LogP contribution in [0.2, 0.25) is 0 Å². The second-order valence-electron chi connectivity index (χ2n) is 12.7. The van der Waals surface area contributed by atoms with E-state index in [0.29, 0.717) is 0 Å². The summed E-state index contributed by atoms with van der Waals surface area (Å²) in [5.41, 5.74) is 11.1. The van der Waals surface area contributed by atoms with Gasteiger partial charge in [0.05, 0.1) is 32.6 Å². The third-order valence-electron chi connectivity index (χ3n) is 10.1. The molecule has 3 nitrogen and oxygen atoms in total. The maximum Gasteiger partial charge on any atom is 0.195 e. The number of aromatic nitrogens is 3. The summed E-state index contributed by atoms with van der Waals surface area (Å²) in [5, 5.41) is 7.46. The fraction of sp³-hybridized carbons (Fsp3) is 0.0465. The third-order valence-corrected chi connectivity index (χ3v) is 12.4. The van der Waals surface area contributed by atoms with Gasteiger partial charge in [0.15, 0.2) is 5.13 Å². The van der Waals surface area contributed by atoms with Crippen molar-refractivity contribution in [2.24, 2.45) is 0 Å². The van der Waals surface area contributed by atoms with E-state index >= 15 is 0 Å². The molecule has 1 aliphatic rings. The first-order valence-corrected chi connectivity index (χ1v) is 18.1. The minimum Gasteiger partial charge on any atom is -0.309 e. The highest BCUT2D eigenvalue weighted by Gasteiger charge is 2.27. The van der Waals surface area contributed by atoms with Crippen molar-refractivity contribution >= 4 is 76.4 Å². The maximum atomic E-state index is 5.37.